The first-order chi connectivity index (χ1) is 14.1. The van der Waals surface area contributed by atoms with Gasteiger partial charge in [0.2, 0.25) is 0 Å². The van der Waals surface area contributed by atoms with Crippen molar-refractivity contribution in [2.24, 2.45) is 0 Å². The van der Waals surface area contributed by atoms with Crippen molar-refractivity contribution < 1.29 is 9.47 Å². The first kappa shape index (κ1) is 19.9. The Hall–Kier alpha value is -2.38. The predicted molar refractivity (Wildman–Crippen MR) is 112 cm³/mol. The van der Waals surface area contributed by atoms with E-state index in [1.54, 1.807) is 14.2 Å². The van der Waals surface area contributed by atoms with E-state index in [-0.39, 0.29) is 5.56 Å². The Morgan fingerprint density at radius 2 is 1.90 bits per heavy atom. The lowest BCUT2D eigenvalue weighted by atomic mass is 9.95. The second kappa shape index (κ2) is 8.55. The molecule has 0 spiro atoms. The van der Waals surface area contributed by atoms with Crippen LogP contribution in [0, 0.1) is 0 Å². The lowest BCUT2D eigenvalue weighted by Gasteiger charge is -2.32. The number of likely N-dealkylation sites (N-methyl/N-ethyl adjacent to an activating group) is 1. The average molecular weight is 399 g/mol. The number of likely N-dealkylation sites (tertiary alicyclic amines) is 1. The minimum Gasteiger partial charge on any atom is -0.493 e. The van der Waals surface area contributed by atoms with Crippen LogP contribution in [0.15, 0.2) is 23.0 Å². The van der Waals surface area contributed by atoms with E-state index in [4.69, 9.17) is 14.5 Å². The number of aromatic nitrogens is 2. The number of aromatic amines is 1. The molecule has 2 aliphatic heterocycles. The van der Waals surface area contributed by atoms with Crippen molar-refractivity contribution in [3.05, 3.63) is 51.2 Å². The van der Waals surface area contributed by atoms with Gasteiger partial charge in [0.15, 0.2) is 11.5 Å². The lowest BCUT2D eigenvalue weighted by Crippen LogP contribution is -2.36. The van der Waals surface area contributed by atoms with Crippen molar-refractivity contribution in [1.29, 1.82) is 0 Å². The van der Waals surface area contributed by atoms with Gasteiger partial charge in [0.05, 0.1) is 19.9 Å². The van der Waals surface area contributed by atoms with Gasteiger partial charge < -0.3 is 19.4 Å². The Morgan fingerprint density at radius 3 is 2.62 bits per heavy atom. The molecule has 1 aromatic heterocycles. The number of piperidine rings is 1. The van der Waals surface area contributed by atoms with Gasteiger partial charge in [-0.2, -0.15) is 0 Å². The number of hydrogen-bond acceptors (Lipinski definition) is 6. The van der Waals surface area contributed by atoms with E-state index in [9.17, 15) is 4.79 Å². The van der Waals surface area contributed by atoms with Crippen molar-refractivity contribution in [3.8, 4) is 11.5 Å². The lowest BCUT2D eigenvalue weighted by molar-refractivity contribution is 0.200. The number of H-pyrrole nitrogens is 1. The molecular formula is C22H30N4O3. The van der Waals surface area contributed by atoms with Crippen LogP contribution in [0.5, 0.6) is 11.5 Å². The third-order valence-electron chi connectivity index (χ3n) is 6.11. The molecular weight excluding hydrogens is 368 g/mol. The number of nitrogens with zero attached hydrogens (tertiary/aromatic N) is 3. The van der Waals surface area contributed by atoms with E-state index in [0.717, 1.165) is 80.6 Å². The highest BCUT2D eigenvalue weighted by Gasteiger charge is 2.25. The quantitative estimate of drug-likeness (QED) is 0.832. The van der Waals surface area contributed by atoms with Crippen LogP contribution in [0.25, 0.3) is 0 Å². The number of methoxy groups -OCH3 is 2. The van der Waals surface area contributed by atoms with E-state index >= 15 is 0 Å². The summed E-state index contributed by atoms with van der Waals surface area (Å²) in [5.74, 6) is 2.71. The Bertz CT molecular complexity index is 919. The fourth-order valence-electron chi connectivity index (χ4n) is 4.38. The van der Waals surface area contributed by atoms with Gasteiger partial charge in [0, 0.05) is 31.1 Å². The van der Waals surface area contributed by atoms with Crippen LogP contribution in [-0.2, 0) is 19.5 Å². The molecule has 0 atom stereocenters. The van der Waals surface area contributed by atoms with Gasteiger partial charge in [-0.05, 0) is 57.1 Å². The van der Waals surface area contributed by atoms with Crippen LogP contribution in [0.4, 0.5) is 0 Å². The minimum absolute atomic E-state index is 0.0610. The summed E-state index contributed by atoms with van der Waals surface area (Å²) in [5, 5.41) is 0. The summed E-state index contributed by atoms with van der Waals surface area (Å²) >= 11 is 0. The van der Waals surface area contributed by atoms with Crippen molar-refractivity contribution in [2.45, 2.75) is 38.3 Å². The molecule has 0 aliphatic carbocycles. The Morgan fingerprint density at radius 1 is 1.14 bits per heavy atom. The van der Waals surface area contributed by atoms with Gasteiger partial charge in [0.1, 0.15) is 5.82 Å². The largest absolute Gasteiger partial charge is 0.493 e. The molecule has 2 aliphatic rings. The summed E-state index contributed by atoms with van der Waals surface area (Å²) in [4.78, 5) is 25.1. The Balaban J connectivity index is 1.40. The molecule has 156 valence electrons. The van der Waals surface area contributed by atoms with E-state index in [0.29, 0.717) is 5.92 Å². The summed E-state index contributed by atoms with van der Waals surface area (Å²) in [6.45, 7) is 4.54. The van der Waals surface area contributed by atoms with Crippen molar-refractivity contribution >= 4 is 0 Å². The zero-order chi connectivity index (χ0) is 20.4. The zero-order valence-corrected chi connectivity index (χ0v) is 17.5. The first-order valence-electron chi connectivity index (χ1n) is 10.3. The predicted octanol–water partition coefficient (Wildman–Crippen LogP) is 2.15. The highest BCUT2D eigenvalue weighted by molar-refractivity contribution is 5.42. The fourth-order valence-corrected chi connectivity index (χ4v) is 4.38. The molecule has 1 N–H and O–H groups in total. The summed E-state index contributed by atoms with van der Waals surface area (Å²) in [6, 6.07) is 6.09. The maximum atomic E-state index is 12.5. The van der Waals surface area contributed by atoms with Crippen LogP contribution in [0.3, 0.4) is 0 Å². The molecule has 0 saturated carbocycles. The second-order valence-corrected chi connectivity index (χ2v) is 8.10. The Labute approximate surface area is 171 Å². The molecule has 2 aromatic rings. The number of ether oxygens (including phenoxy) is 2. The number of fused-ring (bicyclic) bond motifs is 1. The van der Waals surface area contributed by atoms with Crippen molar-refractivity contribution in [2.75, 3.05) is 40.9 Å². The summed E-state index contributed by atoms with van der Waals surface area (Å²) in [5.41, 5.74) is 3.11. The van der Waals surface area contributed by atoms with Gasteiger partial charge in [-0.25, -0.2) is 4.98 Å². The van der Waals surface area contributed by atoms with Crippen LogP contribution in [-0.4, -0.2) is 60.7 Å². The summed E-state index contributed by atoms with van der Waals surface area (Å²) in [7, 11) is 5.40. The number of benzene rings is 1. The first-order valence-corrected chi connectivity index (χ1v) is 10.3. The van der Waals surface area contributed by atoms with Crippen LogP contribution in [0.2, 0.25) is 0 Å². The molecule has 0 amide bonds. The number of rotatable bonds is 5. The molecule has 0 unspecified atom stereocenters. The SMILES string of the molecule is COc1ccc(CN2CCC(c3nc4c(c(=O)[nH]3)CCN(C)C4)CC2)cc1OC. The topological polar surface area (TPSA) is 70.7 Å². The van der Waals surface area contributed by atoms with Crippen LogP contribution >= 0.6 is 0 Å². The number of hydrogen-bond donors (Lipinski definition) is 1. The normalized spacial score (nSPS) is 18.4. The molecule has 1 saturated heterocycles. The van der Waals surface area contributed by atoms with Crippen molar-refractivity contribution in [1.82, 2.24) is 19.8 Å². The third kappa shape index (κ3) is 4.31. The molecule has 1 aromatic carbocycles. The molecule has 3 heterocycles. The van der Waals surface area contributed by atoms with Gasteiger partial charge in [-0.3, -0.25) is 9.69 Å². The molecule has 0 radical (unpaired) electrons. The van der Waals surface area contributed by atoms with E-state index in [2.05, 4.69) is 27.9 Å². The highest BCUT2D eigenvalue weighted by atomic mass is 16.5. The molecule has 29 heavy (non-hydrogen) atoms. The van der Waals surface area contributed by atoms with Gasteiger partial charge in [-0.1, -0.05) is 6.07 Å². The standard InChI is InChI=1S/C22H30N4O3/c1-25-9-8-17-18(14-25)23-21(24-22(17)27)16-6-10-26(11-7-16)13-15-4-5-19(28-2)20(12-15)29-3/h4-5,12,16H,6-11,13-14H2,1-3H3,(H,23,24,27). The maximum Gasteiger partial charge on any atom is 0.254 e. The number of nitrogens with one attached hydrogen (secondary N) is 1. The minimum atomic E-state index is 0.0610. The second-order valence-electron chi connectivity index (χ2n) is 8.10. The van der Waals surface area contributed by atoms with Gasteiger partial charge in [0.25, 0.3) is 5.56 Å². The van der Waals surface area contributed by atoms with E-state index in [1.807, 2.05) is 12.1 Å². The smallest absolute Gasteiger partial charge is 0.254 e. The molecule has 7 nitrogen and oxygen atoms in total. The maximum absolute atomic E-state index is 12.5. The molecule has 4 rings (SSSR count). The third-order valence-corrected chi connectivity index (χ3v) is 6.11. The van der Waals surface area contributed by atoms with E-state index < -0.39 is 0 Å². The molecule has 0 bridgehead atoms. The molecule has 1 fully saturated rings. The average Bonchev–Trinajstić information content (AvgIpc) is 2.73. The van der Waals surface area contributed by atoms with E-state index in [1.165, 1.54) is 5.56 Å². The zero-order valence-electron chi connectivity index (χ0n) is 17.5. The van der Waals surface area contributed by atoms with Gasteiger partial charge in [-0.15, -0.1) is 0 Å². The molecule has 7 heteroatoms. The van der Waals surface area contributed by atoms with Crippen molar-refractivity contribution in [3.63, 3.8) is 0 Å². The summed E-state index contributed by atoms with van der Waals surface area (Å²) in [6.07, 6.45) is 2.80. The van der Waals surface area contributed by atoms with Gasteiger partial charge >= 0.3 is 0 Å². The Kier molecular flexibility index (Phi) is 5.87. The highest BCUT2D eigenvalue weighted by Crippen LogP contribution is 2.30. The van der Waals surface area contributed by atoms with Crippen LogP contribution < -0.4 is 15.0 Å². The monoisotopic (exact) mass is 398 g/mol. The van der Waals surface area contributed by atoms with Crippen LogP contribution in [0.1, 0.15) is 41.4 Å². The summed E-state index contributed by atoms with van der Waals surface area (Å²) < 4.78 is 10.7. The fraction of sp³-hybridized carbons (Fsp3) is 0.545.